The molecule has 4 nitrogen and oxygen atoms in total. The van der Waals surface area contributed by atoms with Crippen molar-refractivity contribution >= 4 is 17.6 Å². The second-order valence-electron chi connectivity index (χ2n) is 8.17. The molecule has 0 spiro atoms. The predicted octanol–water partition coefficient (Wildman–Crippen LogP) is 4.61. The molecule has 2 N–H and O–H groups in total. The predicted molar refractivity (Wildman–Crippen MR) is 112 cm³/mol. The highest BCUT2D eigenvalue weighted by Gasteiger charge is 2.34. The van der Waals surface area contributed by atoms with Crippen molar-refractivity contribution in [3.05, 3.63) is 34.9 Å². The van der Waals surface area contributed by atoms with Gasteiger partial charge in [0, 0.05) is 23.7 Å². The van der Waals surface area contributed by atoms with Gasteiger partial charge in [0.15, 0.2) is 0 Å². The van der Waals surface area contributed by atoms with E-state index in [0.29, 0.717) is 12.1 Å². The largest absolute Gasteiger partial charge is 0.338 e. The maximum absolute atomic E-state index is 12.1. The molecule has 1 saturated heterocycles. The molecule has 27 heavy (non-hydrogen) atoms. The Bertz CT molecular complexity index is 584. The molecule has 1 heterocycles. The molecule has 1 aromatic rings. The van der Waals surface area contributed by atoms with Crippen LogP contribution in [0, 0.1) is 5.92 Å². The van der Waals surface area contributed by atoms with Gasteiger partial charge in [-0.25, -0.2) is 4.79 Å². The number of piperidine rings is 1. The molecule has 2 aliphatic rings. The summed E-state index contributed by atoms with van der Waals surface area (Å²) in [5.74, 6) is 0.757. The highest BCUT2D eigenvalue weighted by atomic mass is 35.5. The van der Waals surface area contributed by atoms with Gasteiger partial charge in [0.05, 0.1) is 0 Å². The van der Waals surface area contributed by atoms with E-state index < -0.39 is 0 Å². The first kappa shape index (κ1) is 20.5. The van der Waals surface area contributed by atoms with Gasteiger partial charge < -0.3 is 10.6 Å². The van der Waals surface area contributed by atoms with Gasteiger partial charge in [0.2, 0.25) is 0 Å². The number of benzene rings is 1. The Balaban J connectivity index is 1.43. The molecule has 0 bridgehead atoms. The molecule has 1 aliphatic carbocycles. The second-order valence-corrected chi connectivity index (χ2v) is 8.60. The number of nitrogens with one attached hydrogen (secondary N) is 2. The van der Waals surface area contributed by atoms with Crippen molar-refractivity contribution in [3.63, 3.8) is 0 Å². The SMILES string of the molecule is CCCCNC(=O)NC1CCCC1N1CCC(Cc2ccc(Cl)cc2)CC1. The first-order valence-electron chi connectivity index (χ1n) is 10.7. The van der Waals surface area contributed by atoms with Crippen LogP contribution in [0.4, 0.5) is 4.79 Å². The lowest BCUT2D eigenvalue weighted by Gasteiger charge is -2.38. The van der Waals surface area contributed by atoms with Crippen molar-refractivity contribution < 1.29 is 4.79 Å². The summed E-state index contributed by atoms with van der Waals surface area (Å²) in [6, 6.07) is 9.13. The lowest BCUT2D eigenvalue weighted by atomic mass is 9.89. The summed E-state index contributed by atoms with van der Waals surface area (Å²) in [5, 5.41) is 7.04. The molecule has 2 unspecified atom stereocenters. The van der Waals surface area contributed by atoms with E-state index >= 15 is 0 Å². The number of likely N-dealkylation sites (tertiary alicyclic amines) is 1. The Morgan fingerprint density at radius 1 is 1.15 bits per heavy atom. The highest BCUT2D eigenvalue weighted by molar-refractivity contribution is 6.30. The van der Waals surface area contributed by atoms with Gasteiger partial charge in [-0.2, -0.15) is 0 Å². The summed E-state index contributed by atoms with van der Waals surface area (Å²) in [7, 11) is 0. The number of hydrogen-bond acceptors (Lipinski definition) is 2. The third-order valence-corrected chi connectivity index (χ3v) is 6.42. The average molecular weight is 392 g/mol. The molecule has 0 aromatic heterocycles. The Kier molecular flexibility index (Phi) is 7.83. The molecule has 2 atom stereocenters. The van der Waals surface area contributed by atoms with Crippen LogP contribution >= 0.6 is 11.6 Å². The normalized spacial score (nSPS) is 24.1. The Morgan fingerprint density at radius 2 is 1.89 bits per heavy atom. The summed E-state index contributed by atoms with van der Waals surface area (Å²) in [5.41, 5.74) is 1.39. The second kappa shape index (κ2) is 10.3. The smallest absolute Gasteiger partial charge is 0.315 e. The first-order valence-corrected chi connectivity index (χ1v) is 11.1. The Hall–Kier alpha value is -1.26. The number of amides is 2. The van der Waals surface area contributed by atoms with E-state index in [1.165, 1.54) is 31.2 Å². The third-order valence-electron chi connectivity index (χ3n) is 6.17. The monoisotopic (exact) mass is 391 g/mol. The standard InChI is InChI=1S/C22H34ClN3O/c1-2-3-13-24-22(27)25-20-5-4-6-21(20)26-14-11-18(12-15-26)16-17-7-9-19(23)10-8-17/h7-10,18,20-21H,2-6,11-16H2,1H3,(H2,24,25,27). The van der Waals surface area contributed by atoms with E-state index in [4.69, 9.17) is 11.6 Å². The van der Waals surface area contributed by atoms with Crippen LogP contribution < -0.4 is 10.6 Å². The topological polar surface area (TPSA) is 44.4 Å². The fourth-order valence-corrected chi connectivity index (χ4v) is 4.71. The van der Waals surface area contributed by atoms with E-state index in [0.717, 1.165) is 56.3 Å². The minimum Gasteiger partial charge on any atom is -0.338 e. The average Bonchev–Trinajstić information content (AvgIpc) is 3.12. The van der Waals surface area contributed by atoms with Crippen LogP contribution in [-0.4, -0.2) is 42.6 Å². The van der Waals surface area contributed by atoms with Crippen LogP contribution in [0.25, 0.3) is 0 Å². The van der Waals surface area contributed by atoms with E-state index in [-0.39, 0.29) is 6.03 Å². The summed E-state index contributed by atoms with van der Waals surface area (Å²) in [6.45, 7) is 5.22. The van der Waals surface area contributed by atoms with Gasteiger partial charge in [-0.05, 0) is 81.6 Å². The van der Waals surface area contributed by atoms with Gasteiger partial charge in [-0.1, -0.05) is 37.1 Å². The minimum atomic E-state index is 0.0120. The van der Waals surface area contributed by atoms with Crippen molar-refractivity contribution in [2.75, 3.05) is 19.6 Å². The number of halogens is 1. The van der Waals surface area contributed by atoms with Gasteiger partial charge in [0.25, 0.3) is 0 Å². The van der Waals surface area contributed by atoms with E-state index in [9.17, 15) is 4.79 Å². The van der Waals surface area contributed by atoms with Gasteiger partial charge in [-0.3, -0.25) is 4.90 Å². The summed E-state index contributed by atoms with van der Waals surface area (Å²) < 4.78 is 0. The summed E-state index contributed by atoms with van der Waals surface area (Å²) >= 11 is 5.99. The highest BCUT2D eigenvalue weighted by Crippen LogP contribution is 2.30. The molecular formula is C22H34ClN3O. The molecule has 5 heteroatoms. The number of urea groups is 1. The van der Waals surface area contributed by atoms with E-state index in [2.05, 4.69) is 34.6 Å². The summed E-state index contributed by atoms with van der Waals surface area (Å²) in [4.78, 5) is 14.8. The molecule has 3 rings (SSSR count). The molecule has 150 valence electrons. The van der Waals surface area contributed by atoms with Crippen molar-refractivity contribution in [1.82, 2.24) is 15.5 Å². The number of carbonyl (C=O) groups excluding carboxylic acids is 1. The van der Waals surface area contributed by atoms with Crippen LogP contribution in [0.3, 0.4) is 0 Å². The van der Waals surface area contributed by atoms with Crippen LogP contribution in [0.2, 0.25) is 5.02 Å². The van der Waals surface area contributed by atoms with Gasteiger partial charge in [0.1, 0.15) is 0 Å². The van der Waals surface area contributed by atoms with Crippen LogP contribution in [0.5, 0.6) is 0 Å². The molecule has 1 saturated carbocycles. The van der Waals surface area contributed by atoms with Gasteiger partial charge in [-0.15, -0.1) is 0 Å². The van der Waals surface area contributed by atoms with Gasteiger partial charge >= 0.3 is 6.03 Å². The lowest BCUT2D eigenvalue weighted by Crippen LogP contribution is -2.53. The van der Waals surface area contributed by atoms with Crippen LogP contribution in [0.15, 0.2) is 24.3 Å². The summed E-state index contributed by atoms with van der Waals surface area (Å²) in [6.07, 6.45) is 9.33. The fourth-order valence-electron chi connectivity index (χ4n) is 4.59. The third kappa shape index (κ3) is 6.11. The fraction of sp³-hybridized carbons (Fsp3) is 0.682. The van der Waals surface area contributed by atoms with Crippen molar-refractivity contribution in [1.29, 1.82) is 0 Å². The Labute approximate surface area is 169 Å². The number of carbonyl (C=O) groups is 1. The zero-order valence-electron chi connectivity index (χ0n) is 16.6. The zero-order valence-corrected chi connectivity index (χ0v) is 17.3. The number of nitrogens with zero attached hydrogens (tertiary/aromatic N) is 1. The van der Waals surface area contributed by atoms with Crippen LogP contribution in [-0.2, 0) is 6.42 Å². The first-order chi connectivity index (χ1) is 13.2. The van der Waals surface area contributed by atoms with Crippen LogP contribution in [0.1, 0.15) is 57.4 Å². The van der Waals surface area contributed by atoms with Crippen molar-refractivity contribution in [3.8, 4) is 0 Å². The minimum absolute atomic E-state index is 0.0120. The van der Waals surface area contributed by atoms with E-state index in [1.807, 2.05) is 12.1 Å². The molecule has 2 fully saturated rings. The maximum Gasteiger partial charge on any atom is 0.315 e. The number of rotatable bonds is 7. The van der Waals surface area contributed by atoms with Crippen molar-refractivity contribution in [2.45, 2.75) is 70.4 Å². The molecule has 2 amide bonds. The molecule has 0 radical (unpaired) electrons. The quantitative estimate of drug-likeness (QED) is 0.666. The van der Waals surface area contributed by atoms with E-state index in [1.54, 1.807) is 0 Å². The molecule has 1 aliphatic heterocycles. The Morgan fingerprint density at radius 3 is 2.59 bits per heavy atom. The zero-order chi connectivity index (χ0) is 19.1. The number of hydrogen-bond donors (Lipinski definition) is 2. The molecule has 1 aromatic carbocycles. The molecular weight excluding hydrogens is 358 g/mol. The van der Waals surface area contributed by atoms with Crippen molar-refractivity contribution in [2.24, 2.45) is 5.92 Å². The maximum atomic E-state index is 12.1. The number of unbranched alkanes of at least 4 members (excludes halogenated alkanes) is 1. The lowest BCUT2D eigenvalue weighted by molar-refractivity contribution is 0.119.